The van der Waals surface area contributed by atoms with E-state index in [1.165, 1.54) is 11.3 Å². The number of nitrogens with one attached hydrogen (secondary N) is 2. The maximum Gasteiger partial charge on any atom is 0.243 e. The first kappa shape index (κ1) is 26.6. The third-order valence-corrected chi connectivity index (χ3v) is 7.89. The molecule has 2 aliphatic rings. The molecule has 0 aromatic heterocycles. The summed E-state index contributed by atoms with van der Waals surface area (Å²) in [5.41, 5.74) is 0. The van der Waals surface area contributed by atoms with Crippen LogP contribution >= 0.6 is 0 Å². The third-order valence-electron chi connectivity index (χ3n) is 6.47. The summed E-state index contributed by atoms with van der Waals surface area (Å²) in [4.78, 5) is 27.9. The Labute approximate surface area is 201 Å². The van der Waals surface area contributed by atoms with Gasteiger partial charge >= 0.3 is 0 Å². The van der Waals surface area contributed by atoms with E-state index >= 15 is 0 Å². The summed E-state index contributed by atoms with van der Waals surface area (Å²) >= 11 is 0. The molecule has 2 fully saturated rings. The molecule has 1 aliphatic carbocycles. The minimum absolute atomic E-state index is 0.109. The molecule has 0 radical (unpaired) electrons. The Morgan fingerprint density at radius 2 is 1.82 bits per heavy atom. The normalized spacial score (nSPS) is 20.1. The van der Waals surface area contributed by atoms with Gasteiger partial charge in [0.1, 0.15) is 11.9 Å². The van der Waals surface area contributed by atoms with Gasteiger partial charge in [-0.3, -0.25) is 9.59 Å². The van der Waals surface area contributed by atoms with E-state index < -0.39 is 34.3 Å². The molecule has 3 rings (SSSR count). The van der Waals surface area contributed by atoms with Crippen LogP contribution in [-0.4, -0.2) is 63.0 Å². The van der Waals surface area contributed by atoms with Crippen molar-refractivity contribution in [2.75, 3.05) is 19.7 Å². The standard InChI is InChI=1S/C24H36FN3O5S/c1-2-7-22(24(30)27-19-8-4-3-5-9-19)28(17-20-10-6-15-33-20)23(29)16-26-34(31,32)21-13-11-18(25)12-14-21/h11-14,19-20,22,26H,2-10,15-17H2,1H3,(H,27,30)/t20-,22+/m1/s1. The molecule has 1 saturated carbocycles. The monoisotopic (exact) mass is 497 g/mol. The number of carbonyl (C=O) groups excluding carboxylic acids is 2. The molecule has 2 amide bonds. The van der Waals surface area contributed by atoms with Gasteiger partial charge in [0.15, 0.2) is 0 Å². The van der Waals surface area contributed by atoms with E-state index in [9.17, 15) is 22.4 Å². The largest absolute Gasteiger partial charge is 0.376 e. The lowest BCUT2D eigenvalue weighted by molar-refractivity contribution is -0.142. The highest BCUT2D eigenvalue weighted by molar-refractivity contribution is 7.89. The zero-order chi connectivity index (χ0) is 24.6. The highest BCUT2D eigenvalue weighted by Gasteiger charge is 2.34. The van der Waals surface area contributed by atoms with Crippen LogP contribution in [0.15, 0.2) is 29.2 Å². The number of sulfonamides is 1. The molecule has 0 unspecified atom stereocenters. The van der Waals surface area contributed by atoms with Gasteiger partial charge in [-0.15, -0.1) is 0 Å². The molecule has 10 heteroatoms. The molecule has 1 aromatic carbocycles. The van der Waals surface area contributed by atoms with Gasteiger partial charge in [0, 0.05) is 19.2 Å². The van der Waals surface area contributed by atoms with Gasteiger partial charge in [-0.05, 0) is 56.4 Å². The quantitative estimate of drug-likeness (QED) is 0.489. The number of nitrogens with zero attached hydrogens (tertiary/aromatic N) is 1. The second kappa shape index (κ2) is 12.6. The van der Waals surface area contributed by atoms with E-state index in [0.717, 1.165) is 62.8 Å². The van der Waals surface area contributed by atoms with Gasteiger partial charge < -0.3 is 15.0 Å². The predicted molar refractivity (Wildman–Crippen MR) is 126 cm³/mol. The first-order chi connectivity index (χ1) is 16.3. The first-order valence-electron chi connectivity index (χ1n) is 12.3. The van der Waals surface area contributed by atoms with Crippen LogP contribution in [0.25, 0.3) is 0 Å². The number of rotatable bonds is 11. The molecule has 1 saturated heterocycles. The SMILES string of the molecule is CCC[C@@H](C(=O)NC1CCCCC1)N(C[C@H]1CCCO1)C(=O)CNS(=O)(=O)c1ccc(F)cc1. The highest BCUT2D eigenvalue weighted by Crippen LogP contribution is 2.20. The fourth-order valence-corrected chi connectivity index (χ4v) is 5.59. The number of carbonyl (C=O) groups is 2. The van der Waals surface area contributed by atoms with Crippen molar-refractivity contribution < 1.29 is 27.1 Å². The maximum atomic E-state index is 13.3. The highest BCUT2D eigenvalue weighted by atomic mass is 32.2. The van der Waals surface area contributed by atoms with Crippen molar-refractivity contribution in [1.82, 2.24) is 14.9 Å². The molecule has 0 bridgehead atoms. The Morgan fingerprint density at radius 1 is 1.12 bits per heavy atom. The van der Waals surface area contributed by atoms with Crippen molar-refractivity contribution in [2.24, 2.45) is 0 Å². The van der Waals surface area contributed by atoms with Gasteiger partial charge in [0.25, 0.3) is 0 Å². The first-order valence-corrected chi connectivity index (χ1v) is 13.7. The van der Waals surface area contributed by atoms with Crippen molar-refractivity contribution >= 4 is 21.8 Å². The Balaban J connectivity index is 1.73. The number of halogens is 1. The molecule has 2 atom stereocenters. The zero-order valence-electron chi connectivity index (χ0n) is 19.8. The van der Waals surface area contributed by atoms with Crippen LogP contribution < -0.4 is 10.0 Å². The van der Waals surface area contributed by atoms with E-state index in [1.807, 2.05) is 6.92 Å². The fourth-order valence-electron chi connectivity index (χ4n) is 4.61. The van der Waals surface area contributed by atoms with Crippen molar-refractivity contribution in [3.63, 3.8) is 0 Å². The van der Waals surface area contributed by atoms with E-state index in [2.05, 4.69) is 10.0 Å². The predicted octanol–water partition coefficient (Wildman–Crippen LogP) is 2.73. The molecule has 8 nitrogen and oxygen atoms in total. The minimum atomic E-state index is -4.01. The number of hydrogen-bond acceptors (Lipinski definition) is 5. The van der Waals surface area contributed by atoms with Crippen LogP contribution in [0.1, 0.15) is 64.7 Å². The van der Waals surface area contributed by atoms with E-state index in [1.54, 1.807) is 0 Å². The van der Waals surface area contributed by atoms with E-state index in [0.29, 0.717) is 19.4 Å². The van der Waals surface area contributed by atoms with Crippen LogP contribution in [0, 0.1) is 5.82 Å². The van der Waals surface area contributed by atoms with Gasteiger partial charge in [-0.1, -0.05) is 32.6 Å². The van der Waals surface area contributed by atoms with Crippen molar-refractivity contribution in [2.45, 2.75) is 87.8 Å². The molecule has 1 aliphatic heterocycles. The molecule has 1 aromatic rings. The number of hydrogen-bond donors (Lipinski definition) is 2. The summed E-state index contributed by atoms with van der Waals surface area (Å²) in [6.45, 7) is 2.30. The second-order valence-corrected chi connectivity index (χ2v) is 10.9. The Kier molecular flexibility index (Phi) is 9.85. The zero-order valence-corrected chi connectivity index (χ0v) is 20.6. The second-order valence-electron chi connectivity index (χ2n) is 9.11. The van der Waals surface area contributed by atoms with Crippen LogP contribution in [0.5, 0.6) is 0 Å². The molecule has 34 heavy (non-hydrogen) atoms. The van der Waals surface area contributed by atoms with Gasteiger partial charge in [0.2, 0.25) is 21.8 Å². The number of benzene rings is 1. The van der Waals surface area contributed by atoms with Gasteiger partial charge in [0.05, 0.1) is 17.5 Å². The summed E-state index contributed by atoms with van der Waals surface area (Å²) in [5.74, 6) is -1.23. The van der Waals surface area contributed by atoms with E-state index in [-0.39, 0.29) is 29.5 Å². The van der Waals surface area contributed by atoms with Crippen LogP contribution in [0.3, 0.4) is 0 Å². The van der Waals surface area contributed by atoms with Gasteiger partial charge in [-0.2, -0.15) is 0 Å². The van der Waals surface area contributed by atoms with Crippen molar-refractivity contribution in [3.8, 4) is 0 Å². The maximum absolute atomic E-state index is 13.3. The lowest BCUT2D eigenvalue weighted by Gasteiger charge is -2.34. The Bertz CT molecular complexity index is 913. The van der Waals surface area contributed by atoms with Crippen molar-refractivity contribution in [3.05, 3.63) is 30.1 Å². The lowest BCUT2D eigenvalue weighted by atomic mass is 9.95. The fraction of sp³-hybridized carbons (Fsp3) is 0.667. The Morgan fingerprint density at radius 3 is 2.44 bits per heavy atom. The third kappa shape index (κ3) is 7.48. The van der Waals surface area contributed by atoms with Gasteiger partial charge in [-0.25, -0.2) is 17.5 Å². The summed E-state index contributed by atoms with van der Waals surface area (Å²) in [5, 5.41) is 3.12. The molecule has 0 spiro atoms. The van der Waals surface area contributed by atoms with Crippen LogP contribution in [0.2, 0.25) is 0 Å². The van der Waals surface area contributed by atoms with Crippen molar-refractivity contribution in [1.29, 1.82) is 0 Å². The summed E-state index contributed by atoms with van der Waals surface area (Å²) in [7, 11) is -4.01. The lowest BCUT2D eigenvalue weighted by Crippen LogP contribution is -2.55. The Hall–Kier alpha value is -2.04. The molecule has 190 valence electrons. The number of amides is 2. The molecule has 1 heterocycles. The average molecular weight is 498 g/mol. The van der Waals surface area contributed by atoms with Crippen LogP contribution in [0.4, 0.5) is 4.39 Å². The summed E-state index contributed by atoms with van der Waals surface area (Å²) < 4.78 is 46.4. The summed E-state index contributed by atoms with van der Waals surface area (Å²) in [6, 6.07) is 3.80. The van der Waals surface area contributed by atoms with E-state index in [4.69, 9.17) is 4.74 Å². The smallest absolute Gasteiger partial charge is 0.243 e. The molecular weight excluding hydrogens is 461 g/mol. The molecule has 2 N–H and O–H groups in total. The number of ether oxygens (including phenoxy) is 1. The topological polar surface area (TPSA) is 105 Å². The van der Waals surface area contributed by atoms with Crippen LogP contribution in [-0.2, 0) is 24.3 Å². The summed E-state index contributed by atoms with van der Waals surface area (Å²) in [6.07, 6.45) is 7.84. The minimum Gasteiger partial charge on any atom is -0.376 e. The molecular formula is C24H36FN3O5S. The average Bonchev–Trinajstić information content (AvgIpc) is 3.34.